The second-order valence-electron chi connectivity index (χ2n) is 11.7. The van der Waals surface area contributed by atoms with Gasteiger partial charge in [-0.25, -0.2) is 4.98 Å². The number of piperidine rings is 2. The lowest BCUT2D eigenvalue weighted by molar-refractivity contribution is -0.136. The summed E-state index contributed by atoms with van der Waals surface area (Å²) in [6, 6.07) is 15.9. The molecule has 2 aromatic carbocycles. The molecule has 9 heteroatoms. The lowest BCUT2D eigenvalue weighted by Gasteiger charge is -2.29. The summed E-state index contributed by atoms with van der Waals surface area (Å²) in [4.78, 5) is 48.1. The number of hydrogen-bond acceptors (Lipinski definition) is 7. The van der Waals surface area contributed by atoms with E-state index in [-0.39, 0.29) is 24.3 Å². The first-order valence-corrected chi connectivity index (χ1v) is 14.8. The molecular weight excluding hydrogens is 518 g/mol. The molecule has 5 heterocycles. The normalized spacial score (nSPS) is 23.3. The number of pyridine rings is 1. The largest absolute Gasteiger partial charge is 0.489 e. The van der Waals surface area contributed by atoms with Crippen LogP contribution in [0.25, 0.3) is 10.9 Å². The number of rotatable bonds is 6. The number of benzene rings is 2. The predicted molar refractivity (Wildman–Crippen MR) is 155 cm³/mol. The predicted octanol–water partition coefficient (Wildman–Crippen LogP) is 3.64. The highest BCUT2D eigenvalue weighted by molar-refractivity contribution is 6.05. The van der Waals surface area contributed by atoms with Gasteiger partial charge in [-0.05, 0) is 85.7 Å². The van der Waals surface area contributed by atoms with Crippen LogP contribution in [0.2, 0.25) is 0 Å². The van der Waals surface area contributed by atoms with Gasteiger partial charge in [0.2, 0.25) is 11.8 Å². The maximum atomic E-state index is 13.0. The SMILES string of the molecule is O=C1CCC(N2Cc3cc(O[C@H]4CCN(Cc5ccc6nc(N7CCCCC7)ccc6c5)C4)ccc3C2=O)C(=O)N1. The first-order valence-electron chi connectivity index (χ1n) is 14.8. The van der Waals surface area contributed by atoms with Crippen LogP contribution in [0.3, 0.4) is 0 Å². The van der Waals surface area contributed by atoms with Crippen molar-refractivity contribution < 1.29 is 19.1 Å². The van der Waals surface area contributed by atoms with Crippen LogP contribution in [0.5, 0.6) is 5.75 Å². The number of aromatic nitrogens is 1. The number of carbonyl (C=O) groups is 3. The van der Waals surface area contributed by atoms with E-state index in [1.807, 2.05) is 12.1 Å². The molecule has 9 nitrogen and oxygen atoms in total. The highest BCUT2D eigenvalue weighted by Crippen LogP contribution is 2.31. The molecule has 0 spiro atoms. The first-order chi connectivity index (χ1) is 20.0. The van der Waals surface area contributed by atoms with E-state index in [0.717, 1.165) is 61.8 Å². The Morgan fingerprint density at radius 1 is 0.927 bits per heavy atom. The Hall–Kier alpha value is -3.98. The average Bonchev–Trinajstić information content (AvgIpc) is 3.56. The molecule has 2 atom stereocenters. The van der Waals surface area contributed by atoms with Crippen LogP contribution >= 0.6 is 0 Å². The van der Waals surface area contributed by atoms with E-state index in [1.54, 1.807) is 11.0 Å². The summed E-state index contributed by atoms with van der Waals surface area (Å²) < 4.78 is 6.35. The van der Waals surface area contributed by atoms with Gasteiger partial charge < -0.3 is 14.5 Å². The van der Waals surface area contributed by atoms with E-state index in [9.17, 15) is 14.4 Å². The van der Waals surface area contributed by atoms with E-state index in [0.29, 0.717) is 18.5 Å². The van der Waals surface area contributed by atoms with Crippen LogP contribution < -0.4 is 15.0 Å². The molecule has 0 bridgehead atoms. The fourth-order valence-corrected chi connectivity index (χ4v) is 6.67. The van der Waals surface area contributed by atoms with Crippen LogP contribution in [0.4, 0.5) is 5.82 Å². The summed E-state index contributed by atoms with van der Waals surface area (Å²) in [5.74, 6) is 0.992. The van der Waals surface area contributed by atoms with Crippen LogP contribution in [-0.4, -0.2) is 70.8 Å². The van der Waals surface area contributed by atoms with Crippen molar-refractivity contribution in [2.75, 3.05) is 31.1 Å². The molecular formula is C32H35N5O4. The fraction of sp³-hybridized carbons (Fsp3) is 0.438. The van der Waals surface area contributed by atoms with Crippen molar-refractivity contribution in [1.82, 2.24) is 20.1 Å². The molecule has 1 aromatic heterocycles. The summed E-state index contributed by atoms with van der Waals surface area (Å²) in [5, 5.41) is 3.53. The number of likely N-dealkylation sites (tertiary alicyclic amines) is 1. The molecule has 0 radical (unpaired) electrons. The Kier molecular flexibility index (Phi) is 6.82. The smallest absolute Gasteiger partial charge is 0.255 e. The van der Waals surface area contributed by atoms with E-state index >= 15 is 0 Å². The van der Waals surface area contributed by atoms with E-state index in [1.165, 1.54) is 30.2 Å². The molecule has 3 saturated heterocycles. The van der Waals surface area contributed by atoms with Crippen LogP contribution in [0, 0.1) is 0 Å². The number of amides is 3. The van der Waals surface area contributed by atoms with Crippen LogP contribution in [0.15, 0.2) is 48.5 Å². The monoisotopic (exact) mass is 553 g/mol. The highest BCUT2D eigenvalue weighted by atomic mass is 16.5. The van der Waals surface area contributed by atoms with Gasteiger partial charge in [-0.2, -0.15) is 0 Å². The highest BCUT2D eigenvalue weighted by Gasteiger charge is 2.39. The van der Waals surface area contributed by atoms with Crippen molar-refractivity contribution in [3.05, 3.63) is 65.2 Å². The Morgan fingerprint density at radius 3 is 2.66 bits per heavy atom. The van der Waals surface area contributed by atoms with Gasteiger partial charge in [-0.3, -0.25) is 24.6 Å². The number of nitrogens with one attached hydrogen (secondary N) is 1. The van der Waals surface area contributed by atoms with Gasteiger partial charge in [0, 0.05) is 56.6 Å². The lowest BCUT2D eigenvalue weighted by Crippen LogP contribution is -2.52. The maximum absolute atomic E-state index is 13.0. The zero-order valence-corrected chi connectivity index (χ0v) is 23.2. The molecule has 3 fully saturated rings. The number of hydrogen-bond donors (Lipinski definition) is 1. The first kappa shape index (κ1) is 26.0. The number of imide groups is 1. The Labute approximate surface area is 239 Å². The number of ether oxygens (including phenoxy) is 1. The topological polar surface area (TPSA) is 95.1 Å². The molecule has 1 N–H and O–H groups in total. The summed E-state index contributed by atoms with van der Waals surface area (Å²) >= 11 is 0. The zero-order valence-electron chi connectivity index (χ0n) is 23.2. The second kappa shape index (κ2) is 10.8. The third-order valence-corrected chi connectivity index (χ3v) is 8.85. The van der Waals surface area contributed by atoms with Crippen molar-refractivity contribution >= 4 is 34.4 Å². The number of carbonyl (C=O) groups excluding carboxylic acids is 3. The zero-order chi connectivity index (χ0) is 27.9. The van der Waals surface area contributed by atoms with E-state index in [2.05, 4.69) is 45.4 Å². The van der Waals surface area contributed by atoms with Crippen LogP contribution in [0.1, 0.15) is 60.0 Å². The molecule has 7 rings (SSSR count). The molecule has 1 unspecified atom stereocenters. The standard InChI is InChI=1S/C32H35N5O4/c38-30-11-9-28(31(39)34-30)37-19-23-17-24(6-7-26(23)32(37)40)41-25-12-15-35(20-25)18-21-4-8-27-22(16-21)5-10-29(33-27)36-13-2-1-3-14-36/h4-8,10,16-17,25,28H,1-3,9,11-15,18-20H2,(H,34,38,39)/t25-,28?/m0/s1. The molecule has 4 aliphatic rings. The quantitative estimate of drug-likeness (QED) is 0.466. The molecule has 41 heavy (non-hydrogen) atoms. The Bertz CT molecular complexity index is 1520. The van der Waals surface area contributed by atoms with Gasteiger partial charge in [0.05, 0.1) is 5.52 Å². The average molecular weight is 554 g/mol. The van der Waals surface area contributed by atoms with Crippen molar-refractivity contribution in [1.29, 1.82) is 0 Å². The summed E-state index contributed by atoms with van der Waals surface area (Å²) in [6.07, 6.45) is 5.42. The Morgan fingerprint density at radius 2 is 1.80 bits per heavy atom. The molecule has 0 saturated carbocycles. The summed E-state index contributed by atoms with van der Waals surface area (Å²) in [6.45, 7) is 5.20. The molecule has 0 aliphatic carbocycles. The molecule has 212 valence electrons. The van der Waals surface area contributed by atoms with Crippen molar-refractivity contribution in [2.24, 2.45) is 0 Å². The lowest BCUT2D eigenvalue weighted by atomic mass is 10.0. The van der Waals surface area contributed by atoms with Gasteiger partial charge in [-0.15, -0.1) is 0 Å². The van der Waals surface area contributed by atoms with Gasteiger partial charge >= 0.3 is 0 Å². The summed E-state index contributed by atoms with van der Waals surface area (Å²) in [5.41, 5.74) is 3.78. The minimum absolute atomic E-state index is 0.0746. The van der Waals surface area contributed by atoms with E-state index in [4.69, 9.17) is 9.72 Å². The Balaban J connectivity index is 0.960. The number of anilines is 1. The maximum Gasteiger partial charge on any atom is 0.255 e. The summed E-state index contributed by atoms with van der Waals surface area (Å²) in [7, 11) is 0. The van der Waals surface area contributed by atoms with Crippen molar-refractivity contribution in [3.63, 3.8) is 0 Å². The third-order valence-electron chi connectivity index (χ3n) is 8.85. The van der Waals surface area contributed by atoms with E-state index < -0.39 is 11.9 Å². The molecule has 3 amide bonds. The number of nitrogens with zero attached hydrogens (tertiary/aromatic N) is 4. The third kappa shape index (κ3) is 5.26. The minimum Gasteiger partial charge on any atom is -0.489 e. The van der Waals surface area contributed by atoms with Gasteiger partial charge in [0.1, 0.15) is 23.7 Å². The molecule has 3 aromatic rings. The second-order valence-corrected chi connectivity index (χ2v) is 11.7. The van der Waals surface area contributed by atoms with Gasteiger partial charge in [0.25, 0.3) is 5.91 Å². The number of fused-ring (bicyclic) bond motifs is 2. The fourth-order valence-electron chi connectivity index (χ4n) is 6.67. The van der Waals surface area contributed by atoms with Crippen LogP contribution in [-0.2, 0) is 22.7 Å². The van der Waals surface area contributed by atoms with Gasteiger partial charge in [0.15, 0.2) is 0 Å². The van der Waals surface area contributed by atoms with Crippen molar-refractivity contribution in [3.8, 4) is 5.75 Å². The van der Waals surface area contributed by atoms with Gasteiger partial charge in [-0.1, -0.05) is 6.07 Å². The van der Waals surface area contributed by atoms with Crippen molar-refractivity contribution in [2.45, 2.75) is 63.8 Å². The minimum atomic E-state index is -0.608. The molecule has 4 aliphatic heterocycles.